The van der Waals surface area contributed by atoms with Gasteiger partial charge in [0.15, 0.2) is 0 Å². The van der Waals surface area contributed by atoms with E-state index in [1.807, 2.05) is 48.5 Å². The molecule has 3 heterocycles. The van der Waals surface area contributed by atoms with E-state index in [0.29, 0.717) is 32.2 Å². The molecule has 156 valence electrons. The fourth-order valence-electron chi connectivity index (χ4n) is 4.31. The highest BCUT2D eigenvalue weighted by atomic mass is 35.5. The van der Waals surface area contributed by atoms with Gasteiger partial charge in [-0.2, -0.15) is 0 Å². The van der Waals surface area contributed by atoms with Gasteiger partial charge in [-0.05, 0) is 61.8 Å². The van der Waals surface area contributed by atoms with Crippen LogP contribution in [-0.4, -0.2) is 23.1 Å². The molecule has 2 aromatic carbocycles. The highest BCUT2D eigenvalue weighted by Crippen LogP contribution is 2.41. The summed E-state index contributed by atoms with van der Waals surface area (Å²) in [5.74, 6) is 0.377. The SMILES string of the molecule is Clc1ccccc1-c1cc(C2CCNCC2)nc2c(-c3c(Cl)cccc3Cl)nccc12. The van der Waals surface area contributed by atoms with E-state index in [4.69, 9.17) is 39.8 Å². The molecule has 1 saturated heterocycles. The molecule has 2 aromatic heterocycles. The third kappa shape index (κ3) is 3.92. The van der Waals surface area contributed by atoms with Crippen LogP contribution in [0, 0.1) is 0 Å². The molecular formula is C25H20Cl3N3. The predicted molar refractivity (Wildman–Crippen MR) is 130 cm³/mol. The zero-order valence-electron chi connectivity index (χ0n) is 16.7. The summed E-state index contributed by atoms with van der Waals surface area (Å²) in [7, 11) is 0. The van der Waals surface area contributed by atoms with Crippen LogP contribution in [0.2, 0.25) is 15.1 Å². The van der Waals surface area contributed by atoms with E-state index in [2.05, 4.69) is 16.4 Å². The minimum absolute atomic E-state index is 0.377. The fraction of sp³-hybridized carbons (Fsp3) is 0.200. The van der Waals surface area contributed by atoms with Crippen molar-refractivity contribution in [2.45, 2.75) is 18.8 Å². The van der Waals surface area contributed by atoms with E-state index in [1.54, 1.807) is 6.20 Å². The summed E-state index contributed by atoms with van der Waals surface area (Å²) in [4.78, 5) is 9.79. The number of nitrogens with one attached hydrogen (secondary N) is 1. The van der Waals surface area contributed by atoms with Gasteiger partial charge >= 0.3 is 0 Å². The second kappa shape index (κ2) is 8.76. The number of fused-ring (bicyclic) bond motifs is 1. The van der Waals surface area contributed by atoms with Gasteiger partial charge in [0, 0.05) is 39.3 Å². The lowest BCUT2D eigenvalue weighted by molar-refractivity contribution is 0.454. The molecule has 1 N–H and O–H groups in total. The summed E-state index contributed by atoms with van der Waals surface area (Å²) in [5.41, 5.74) is 5.28. The first kappa shape index (κ1) is 20.7. The zero-order chi connectivity index (χ0) is 21.4. The van der Waals surface area contributed by atoms with Crippen molar-refractivity contribution >= 4 is 45.7 Å². The smallest absolute Gasteiger partial charge is 0.0994 e. The summed E-state index contributed by atoms with van der Waals surface area (Å²) in [6, 6.07) is 17.6. The standard InChI is InChI=1S/C25H20Cl3N3/c26-19-5-2-1-4-16(19)18-14-22(15-8-11-29-12-9-15)31-24-17(18)10-13-30-25(24)23-20(27)6-3-7-21(23)28/h1-7,10,13-15,29H,8-9,11-12H2. The van der Waals surface area contributed by atoms with E-state index in [1.165, 1.54) is 0 Å². The van der Waals surface area contributed by atoms with Crippen LogP contribution >= 0.6 is 34.8 Å². The molecule has 0 amide bonds. The van der Waals surface area contributed by atoms with Crippen molar-refractivity contribution in [1.82, 2.24) is 15.3 Å². The zero-order valence-corrected chi connectivity index (χ0v) is 19.0. The molecular weight excluding hydrogens is 449 g/mol. The van der Waals surface area contributed by atoms with Crippen LogP contribution in [-0.2, 0) is 0 Å². The molecule has 4 aromatic rings. The normalized spacial score (nSPS) is 14.8. The number of aromatic nitrogens is 2. The quantitative estimate of drug-likeness (QED) is 0.340. The number of hydrogen-bond donors (Lipinski definition) is 1. The molecule has 0 unspecified atom stereocenters. The lowest BCUT2D eigenvalue weighted by Crippen LogP contribution is -2.27. The molecule has 0 atom stereocenters. The number of pyridine rings is 2. The lowest BCUT2D eigenvalue weighted by atomic mass is 9.90. The Hall–Kier alpha value is -2.17. The van der Waals surface area contributed by atoms with Crippen molar-refractivity contribution in [3.8, 4) is 22.4 Å². The van der Waals surface area contributed by atoms with Gasteiger partial charge in [-0.15, -0.1) is 0 Å². The monoisotopic (exact) mass is 467 g/mol. The molecule has 3 nitrogen and oxygen atoms in total. The van der Waals surface area contributed by atoms with Gasteiger partial charge in [0.05, 0.1) is 21.3 Å². The molecule has 31 heavy (non-hydrogen) atoms. The van der Waals surface area contributed by atoms with E-state index in [0.717, 1.165) is 53.7 Å². The first-order valence-corrected chi connectivity index (χ1v) is 11.5. The summed E-state index contributed by atoms with van der Waals surface area (Å²) in [6.45, 7) is 1.98. The van der Waals surface area contributed by atoms with Crippen LogP contribution in [0.25, 0.3) is 33.3 Å². The molecule has 6 heteroatoms. The number of halogens is 3. The second-order valence-corrected chi connectivity index (χ2v) is 8.97. The minimum Gasteiger partial charge on any atom is -0.317 e. The Morgan fingerprint density at radius 2 is 1.52 bits per heavy atom. The molecule has 0 aliphatic carbocycles. The largest absolute Gasteiger partial charge is 0.317 e. The average Bonchev–Trinajstić information content (AvgIpc) is 2.79. The Balaban J connectivity index is 1.83. The van der Waals surface area contributed by atoms with Crippen molar-refractivity contribution in [2.24, 2.45) is 0 Å². The van der Waals surface area contributed by atoms with E-state index < -0.39 is 0 Å². The van der Waals surface area contributed by atoms with Crippen molar-refractivity contribution in [3.05, 3.63) is 81.6 Å². The maximum Gasteiger partial charge on any atom is 0.0994 e. The maximum atomic E-state index is 6.62. The molecule has 0 spiro atoms. The average molecular weight is 469 g/mol. The Kier molecular flexibility index (Phi) is 5.85. The maximum absolute atomic E-state index is 6.62. The molecule has 1 fully saturated rings. The predicted octanol–water partition coefficient (Wildman–Crippen LogP) is 7.39. The van der Waals surface area contributed by atoms with Gasteiger partial charge in [-0.25, -0.2) is 0 Å². The van der Waals surface area contributed by atoms with Gasteiger partial charge in [-0.3, -0.25) is 9.97 Å². The topological polar surface area (TPSA) is 37.8 Å². The van der Waals surface area contributed by atoms with Gasteiger partial charge in [0.25, 0.3) is 0 Å². The van der Waals surface area contributed by atoms with Crippen molar-refractivity contribution in [2.75, 3.05) is 13.1 Å². The van der Waals surface area contributed by atoms with Crippen molar-refractivity contribution in [3.63, 3.8) is 0 Å². The summed E-state index contributed by atoms with van der Waals surface area (Å²) >= 11 is 19.7. The number of hydrogen-bond acceptors (Lipinski definition) is 3. The number of benzene rings is 2. The summed E-state index contributed by atoms with van der Waals surface area (Å²) < 4.78 is 0. The number of rotatable bonds is 3. The number of nitrogens with zero attached hydrogens (tertiary/aromatic N) is 2. The van der Waals surface area contributed by atoms with Crippen LogP contribution in [0.1, 0.15) is 24.5 Å². The first-order valence-electron chi connectivity index (χ1n) is 10.3. The number of piperidine rings is 1. The van der Waals surface area contributed by atoms with Crippen molar-refractivity contribution < 1.29 is 0 Å². The third-order valence-corrected chi connectivity index (χ3v) is 6.83. The Bertz CT molecular complexity index is 1250. The van der Waals surface area contributed by atoms with Crippen LogP contribution in [0.4, 0.5) is 0 Å². The second-order valence-electron chi connectivity index (χ2n) is 7.75. The van der Waals surface area contributed by atoms with Gasteiger partial charge < -0.3 is 5.32 Å². The first-order chi connectivity index (χ1) is 15.1. The van der Waals surface area contributed by atoms with Gasteiger partial charge in [0.1, 0.15) is 0 Å². The van der Waals surface area contributed by atoms with E-state index in [-0.39, 0.29) is 0 Å². The molecule has 1 aliphatic rings. The highest BCUT2D eigenvalue weighted by Gasteiger charge is 2.22. The Morgan fingerprint density at radius 3 is 2.26 bits per heavy atom. The molecule has 0 bridgehead atoms. The van der Waals surface area contributed by atoms with Crippen LogP contribution in [0.3, 0.4) is 0 Å². The third-order valence-electron chi connectivity index (χ3n) is 5.87. The highest BCUT2D eigenvalue weighted by molar-refractivity contribution is 6.39. The van der Waals surface area contributed by atoms with E-state index >= 15 is 0 Å². The fourth-order valence-corrected chi connectivity index (χ4v) is 5.12. The van der Waals surface area contributed by atoms with Gasteiger partial charge in [-0.1, -0.05) is 59.1 Å². The summed E-state index contributed by atoms with van der Waals surface area (Å²) in [6.07, 6.45) is 3.87. The Labute approximate surface area is 196 Å². The molecule has 5 rings (SSSR count). The van der Waals surface area contributed by atoms with E-state index in [9.17, 15) is 0 Å². The van der Waals surface area contributed by atoms with Crippen LogP contribution in [0.5, 0.6) is 0 Å². The van der Waals surface area contributed by atoms with Gasteiger partial charge in [0.2, 0.25) is 0 Å². The summed E-state index contributed by atoms with van der Waals surface area (Å²) in [5, 5.41) is 6.23. The minimum atomic E-state index is 0.377. The molecule has 0 radical (unpaired) electrons. The van der Waals surface area contributed by atoms with Crippen LogP contribution in [0.15, 0.2) is 60.8 Å². The Morgan fingerprint density at radius 1 is 0.806 bits per heavy atom. The van der Waals surface area contributed by atoms with Crippen molar-refractivity contribution in [1.29, 1.82) is 0 Å². The molecule has 0 saturated carbocycles. The molecule has 1 aliphatic heterocycles. The lowest BCUT2D eigenvalue weighted by Gasteiger charge is -2.24. The van der Waals surface area contributed by atoms with Crippen LogP contribution < -0.4 is 5.32 Å².